The fourth-order valence-electron chi connectivity index (χ4n) is 1.12. The molecule has 0 bridgehead atoms. The van der Waals surface area contributed by atoms with Crippen molar-refractivity contribution in [3.05, 3.63) is 28.9 Å². The number of thiazole rings is 1. The van der Waals surface area contributed by atoms with Crippen molar-refractivity contribution in [3.8, 4) is 10.7 Å². The van der Waals surface area contributed by atoms with Crippen molar-refractivity contribution in [2.75, 3.05) is 0 Å². The normalized spacial score (nSPS) is 10.4. The van der Waals surface area contributed by atoms with Crippen molar-refractivity contribution in [1.29, 1.82) is 0 Å². The van der Waals surface area contributed by atoms with Crippen LogP contribution in [0, 0.1) is 6.92 Å². The summed E-state index contributed by atoms with van der Waals surface area (Å²) in [7, 11) is 0. The third-order valence-electron chi connectivity index (χ3n) is 1.77. The summed E-state index contributed by atoms with van der Waals surface area (Å²) < 4.78 is 0. The van der Waals surface area contributed by atoms with Gasteiger partial charge in [0.1, 0.15) is 10.7 Å². The fourth-order valence-corrected chi connectivity index (χ4v) is 1.90. The number of hydrogen-bond acceptors (Lipinski definition) is 3. The second-order valence-electron chi connectivity index (χ2n) is 2.88. The SMILES string of the molecule is Cc1csc(-c2ccc(C(=O)O)[nH]2)n1. The van der Waals surface area contributed by atoms with Crippen molar-refractivity contribution in [3.63, 3.8) is 0 Å². The highest BCUT2D eigenvalue weighted by Crippen LogP contribution is 2.22. The number of H-pyrrole nitrogens is 1. The molecule has 0 saturated carbocycles. The van der Waals surface area contributed by atoms with Gasteiger partial charge in [-0.2, -0.15) is 0 Å². The molecule has 0 atom stereocenters. The molecule has 0 aliphatic carbocycles. The van der Waals surface area contributed by atoms with Gasteiger partial charge in [-0.05, 0) is 19.1 Å². The zero-order valence-corrected chi connectivity index (χ0v) is 8.26. The summed E-state index contributed by atoms with van der Waals surface area (Å²) in [5.74, 6) is -0.954. The Morgan fingerprint density at radius 1 is 1.57 bits per heavy atom. The van der Waals surface area contributed by atoms with E-state index in [-0.39, 0.29) is 5.69 Å². The van der Waals surface area contributed by atoms with E-state index in [4.69, 9.17) is 5.11 Å². The van der Waals surface area contributed by atoms with E-state index in [2.05, 4.69) is 9.97 Å². The summed E-state index contributed by atoms with van der Waals surface area (Å²) in [5.41, 5.74) is 1.88. The van der Waals surface area contributed by atoms with E-state index < -0.39 is 5.97 Å². The molecule has 0 spiro atoms. The maximum atomic E-state index is 10.6. The Morgan fingerprint density at radius 2 is 2.36 bits per heavy atom. The van der Waals surface area contributed by atoms with Crippen LogP contribution in [-0.4, -0.2) is 21.0 Å². The smallest absolute Gasteiger partial charge is 0.352 e. The minimum absolute atomic E-state index is 0.188. The molecule has 2 aromatic heterocycles. The number of aryl methyl sites for hydroxylation is 1. The van der Waals surface area contributed by atoms with Gasteiger partial charge in [0.2, 0.25) is 0 Å². The molecule has 0 amide bonds. The van der Waals surface area contributed by atoms with E-state index in [1.165, 1.54) is 17.4 Å². The second kappa shape index (κ2) is 3.26. The fraction of sp³-hybridized carbons (Fsp3) is 0.111. The molecule has 0 aliphatic heterocycles. The summed E-state index contributed by atoms with van der Waals surface area (Å²) in [6.45, 7) is 1.90. The minimum atomic E-state index is -0.954. The first kappa shape index (κ1) is 8.96. The first-order valence-electron chi connectivity index (χ1n) is 4.01. The Kier molecular flexibility index (Phi) is 2.09. The monoisotopic (exact) mass is 208 g/mol. The third kappa shape index (κ3) is 1.54. The zero-order valence-electron chi connectivity index (χ0n) is 7.44. The highest BCUT2D eigenvalue weighted by Gasteiger charge is 2.08. The van der Waals surface area contributed by atoms with Gasteiger partial charge in [0.05, 0.1) is 5.69 Å². The number of nitrogens with one attached hydrogen (secondary N) is 1. The van der Waals surface area contributed by atoms with Crippen molar-refractivity contribution in [2.45, 2.75) is 6.92 Å². The van der Waals surface area contributed by atoms with Crippen LogP contribution in [0.1, 0.15) is 16.2 Å². The molecule has 5 heteroatoms. The predicted octanol–water partition coefficient (Wildman–Crippen LogP) is 2.14. The Morgan fingerprint density at radius 3 is 2.86 bits per heavy atom. The summed E-state index contributed by atoms with van der Waals surface area (Å²) in [6, 6.07) is 3.26. The molecule has 0 unspecified atom stereocenters. The topological polar surface area (TPSA) is 66.0 Å². The van der Waals surface area contributed by atoms with Crippen LogP contribution in [0.15, 0.2) is 17.5 Å². The first-order valence-corrected chi connectivity index (χ1v) is 4.89. The lowest BCUT2D eigenvalue weighted by molar-refractivity contribution is 0.0691. The quantitative estimate of drug-likeness (QED) is 0.794. The van der Waals surface area contributed by atoms with Crippen molar-refractivity contribution < 1.29 is 9.90 Å². The number of carboxylic acids is 1. The highest BCUT2D eigenvalue weighted by atomic mass is 32.1. The molecule has 72 valence electrons. The number of hydrogen-bond donors (Lipinski definition) is 2. The van der Waals surface area contributed by atoms with Gasteiger partial charge in [0.25, 0.3) is 0 Å². The number of nitrogens with zero attached hydrogens (tertiary/aromatic N) is 1. The lowest BCUT2D eigenvalue weighted by atomic mass is 10.4. The largest absolute Gasteiger partial charge is 0.477 e. The number of carboxylic acid groups (broad SMARTS) is 1. The van der Waals surface area contributed by atoms with Crippen LogP contribution < -0.4 is 0 Å². The molecule has 0 saturated heterocycles. The van der Waals surface area contributed by atoms with E-state index in [9.17, 15) is 4.79 Å². The Balaban J connectivity index is 2.38. The van der Waals surface area contributed by atoms with Gasteiger partial charge < -0.3 is 10.1 Å². The second-order valence-corrected chi connectivity index (χ2v) is 3.74. The van der Waals surface area contributed by atoms with Crippen molar-refractivity contribution in [1.82, 2.24) is 9.97 Å². The maximum Gasteiger partial charge on any atom is 0.352 e. The van der Waals surface area contributed by atoms with Crippen LogP contribution in [0.5, 0.6) is 0 Å². The van der Waals surface area contributed by atoms with Crippen LogP contribution in [-0.2, 0) is 0 Å². The standard InChI is InChI=1S/C9H8N2O2S/c1-5-4-14-8(10-5)6-2-3-7(11-6)9(12)13/h2-4,11H,1H3,(H,12,13). The number of aromatic nitrogens is 2. The van der Waals surface area contributed by atoms with Crippen LogP contribution in [0.25, 0.3) is 10.7 Å². The molecule has 0 aromatic carbocycles. The Hall–Kier alpha value is -1.62. The van der Waals surface area contributed by atoms with Crippen LogP contribution in [0.2, 0.25) is 0 Å². The summed E-state index contributed by atoms with van der Waals surface area (Å²) in [5, 5.41) is 11.4. The van der Waals surface area contributed by atoms with Gasteiger partial charge in [-0.25, -0.2) is 9.78 Å². The lowest BCUT2D eigenvalue weighted by Crippen LogP contribution is -1.95. The van der Waals surface area contributed by atoms with Gasteiger partial charge >= 0.3 is 5.97 Å². The summed E-state index contributed by atoms with van der Waals surface area (Å²) in [4.78, 5) is 17.6. The molecular weight excluding hydrogens is 200 g/mol. The Labute approximate surface area is 84.2 Å². The number of aromatic carboxylic acids is 1. The van der Waals surface area contributed by atoms with E-state index in [0.29, 0.717) is 0 Å². The van der Waals surface area contributed by atoms with Crippen molar-refractivity contribution in [2.24, 2.45) is 0 Å². The van der Waals surface area contributed by atoms with E-state index >= 15 is 0 Å². The summed E-state index contributed by atoms with van der Waals surface area (Å²) in [6.07, 6.45) is 0. The van der Waals surface area contributed by atoms with Gasteiger partial charge in [-0.15, -0.1) is 11.3 Å². The maximum absolute atomic E-state index is 10.6. The third-order valence-corrected chi connectivity index (χ3v) is 2.76. The van der Waals surface area contributed by atoms with E-state index in [1.54, 1.807) is 6.07 Å². The molecule has 2 N–H and O–H groups in total. The van der Waals surface area contributed by atoms with Gasteiger partial charge in [-0.1, -0.05) is 0 Å². The highest BCUT2D eigenvalue weighted by molar-refractivity contribution is 7.13. The number of rotatable bonds is 2. The zero-order chi connectivity index (χ0) is 10.1. The minimum Gasteiger partial charge on any atom is -0.477 e. The van der Waals surface area contributed by atoms with Gasteiger partial charge in [-0.3, -0.25) is 0 Å². The average molecular weight is 208 g/mol. The lowest BCUT2D eigenvalue weighted by Gasteiger charge is -1.89. The van der Waals surface area contributed by atoms with E-state index in [1.807, 2.05) is 12.3 Å². The number of carbonyl (C=O) groups is 1. The summed E-state index contributed by atoms with van der Waals surface area (Å²) >= 11 is 1.49. The molecule has 4 nitrogen and oxygen atoms in total. The molecule has 2 heterocycles. The molecule has 2 rings (SSSR count). The molecular formula is C9H8N2O2S. The first-order chi connectivity index (χ1) is 6.66. The van der Waals surface area contributed by atoms with Gasteiger partial charge in [0.15, 0.2) is 0 Å². The van der Waals surface area contributed by atoms with Crippen LogP contribution >= 0.6 is 11.3 Å². The number of aromatic amines is 1. The molecule has 0 radical (unpaired) electrons. The average Bonchev–Trinajstić information content (AvgIpc) is 2.70. The molecule has 2 aromatic rings. The van der Waals surface area contributed by atoms with Crippen molar-refractivity contribution >= 4 is 17.3 Å². The molecule has 0 aliphatic rings. The van der Waals surface area contributed by atoms with Crippen LogP contribution in [0.4, 0.5) is 0 Å². The van der Waals surface area contributed by atoms with Crippen LogP contribution in [0.3, 0.4) is 0 Å². The molecule has 0 fully saturated rings. The Bertz CT molecular complexity index is 473. The van der Waals surface area contributed by atoms with E-state index in [0.717, 1.165) is 16.4 Å². The molecule has 14 heavy (non-hydrogen) atoms. The van der Waals surface area contributed by atoms with Gasteiger partial charge in [0, 0.05) is 11.1 Å². The predicted molar refractivity (Wildman–Crippen MR) is 53.6 cm³/mol.